The summed E-state index contributed by atoms with van der Waals surface area (Å²) in [6.45, 7) is 0. The molecular weight excluding hydrogens is 294 g/mol. The fourth-order valence-corrected chi connectivity index (χ4v) is 2.79. The molecule has 0 atom stereocenters. The van der Waals surface area contributed by atoms with E-state index in [0.29, 0.717) is 6.42 Å². The number of nitrogens with zero attached hydrogens (tertiary/aromatic N) is 2. The molecule has 1 aromatic carbocycles. The Kier molecular flexibility index (Phi) is 4.43. The fourth-order valence-electron chi connectivity index (χ4n) is 1.72. The van der Waals surface area contributed by atoms with E-state index in [1.807, 2.05) is 30.3 Å². The summed E-state index contributed by atoms with van der Waals surface area (Å²) in [6.07, 6.45) is 1.65. The predicted molar refractivity (Wildman–Crippen MR) is 78.7 cm³/mol. The largest absolute Gasteiger partial charge is 0.409 e. The maximum absolute atomic E-state index is 12.0. The second kappa shape index (κ2) is 6.27. The standard InChI is InChI=1S/C12H15N5O3S/c13-11(16-18)10-8-14-15-12(10)17-21(19,20)7-6-9-4-2-1-3-5-9/h1-5,8,18H,6-7H2,(H2,13,16)(H2,14,15,17). The van der Waals surface area contributed by atoms with E-state index in [0.717, 1.165) is 5.56 Å². The van der Waals surface area contributed by atoms with Crippen molar-refractivity contribution in [2.75, 3.05) is 10.5 Å². The highest BCUT2D eigenvalue weighted by atomic mass is 32.2. The summed E-state index contributed by atoms with van der Waals surface area (Å²) in [5.41, 5.74) is 6.53. The van der Waals surface area contributed by atoms with Crippen LogP contribution in [0.1, 0.15) is 11.1 Å². The predicted octanol–water partition coefficient (Wildman–Crippen LogP) is 0.489. The highest BCUT2D eigenvalue weighted by Crippen LogP contribution is 2.13. The Morgan fingerprint density at radius 2 is 2.10 bits per heavy atom. The number of hydrogen-bond acceptors (Lipinski definition) is 5. The Balaban J connectivity index is 2.06. The zero-order valence-corrected chi connectivity index (χ0v) is 11.8. The highest BCUT2D eigenvalue weighted by molar-refractivity contribution is 7.92. The lowest BCUT2D eigenvalue weighted by Gasteiger charge is -2.07. The van der Waals surface area contributed by atoms with Gasteiger partial charge < -0.3 is 10.9 Å². The molecule has 0 aliphatic heterocycles. The smallest absolute Gasteiger partial charge is 0.234 e. The van der Waals surface area contributed by atoms with Crippen LogP contribution in [0.3, 0.4) is 0 Å². The lowest BCUT2D eigenvalue weighted by Crippen LogP contribution is -2.21. The Morgan fingerprint density at radius 3 is 2.76 bits per heavy atom. The van der Waals surface area contributed by atoms with Crippen LogP contribution in [0.5, 0.6) is 0 Å². The molecule has 0 fully saturated rings. The van der Waals surface area contributed by atoms with Crippen molar-refractivity contribution in [2.24, 2.45) is 10.9 Å². The van der Waals surface area contributed by atoms with Crippen LogP contribution in [-0.4, -0.2) is 35.4 Å². The zero-order valence-electron chi connectivity index (χ0n) is 11.0. The number of hydrogen-bond donors (Lipinski definition) is 4. The molecular formula is C12H15N5O3S. The van der Waals surface area contributed by atoms with Crippen molar-refractivity contribution in [2.45, 2.75) is 6.42 Å². The van der Waals surface area contributed by atoms with Crippen LogP contribution < -0.4 is 10.5 Å². The molecule has 0 amide bonds. The zero-order chi connectivity index (χ0) is 15.3. The van der Waals surface area contributed by atoms with Crippen molar-refractivity contribution in [3.63, 3.8) is 0 Å². The topological polar surface area (TPSA) is 133 Å². The average Bonchev–Trinajstić information content (AvgIpc) is 2.93. The van der Waals surface area contributed by atoms with Gasteiger partial charge in [0.15, 0.2) is 5.84 Å². The van der Waals surface area contributed by atoms with Gasteiger partial charge in [-0.15, -0.1) is 0 Å². The molecule has 0 bridgehead atoms. The van der Waals surface area contributed by atoms with Crippen molar-refractivity contribution < 1.29 is 13.6 Å². The van der Waals surface area contributed by atoms with E-state index in [2.05, 4.69) is 20.1 Å². The second-order valence-corrected chi connectivity index (χ2v) is 6.14. The maximum Gasteiger partial charge on any atom is 0.234 e. The van der Waals surface area contributed by atoms with Crippen LogP contribution >= 0.6 is 0 Å². The maximum atomic E-state index is 12.0. The quantitative estimate of drug-likeness (QED) is 0.267. The van der Waals surface area contributed by atoms with Crippen LogP contribution in [-0.2, 0) is 16.4 Å². The first kappa shape index (κ1) is 14.9. The third kappa shape index (κ3) is 3.96. The van der Waals surface area contributed by atoms with Crippen LogP contribution in [0.25, 0.3) is 0 Å². The Morgan fingerprint density at radius 1 is 1.38 bits per heavy atom. The van der Waals surface area contributed by atoms with Gasteiger partial charge in [0.2, 0.25) is 10.0 Å². The monoisotopic (exact) mass is 309 g/mol. The number of H-pyrrole nitrogens is 1. The number of anilines is 1. The summed E-state index contributed by atoms with van der Waals surface area (Å²) in [5.74, 6) is -0.256. The molecule has 0 aliphatic rings. The van der Waals surface area contributed by atoms with E-state index in [4.69, 9.17) is 10.9 Å². The summed E-state index contributed by atoms with van der Waals surface area (Å²) in [7, 11) is -3.58. The molecule has 9 heteroatoms. The number of aromatic nitrogens is 2. The van der Waals surface area contributed by atoms with Gasteiger partial charge in [0.05, 0.1) is 17.5 Å². The number of benzene rings is 1. The molecule has 0 saturated heterocycles. The number of rotatable bonds is 6. The molecule has 0 saturated carbocycles. The molecule has 0 radical (unpaired) electrons. The van der Waals surface area contributed by atoms with Gasteiger partial charge in [-0.05, 0) is 12.0 Å². The van der Waals surface area contributed by atoms with Crippen LogP contribution in [0, 0.1) is 0 Å². The normalized spacial score (nSPS) is 12.3. The van der Waals surface area contributed by atoms with Gasteiger partial charge in [0.1, 0.15) is 5.82 Å². The van der Waals surface area contributed by atoms with Crippen LogP contribution in [0.4, 0.5) is 5.82 Å². The highest BCUT2D eigenvalue weighted by Gasteiger charge is 2.16. The summed E-state index contributed by atoms with van der Waals surface area (Å²) in [6, 6.07) is 9.27. The van der Waals surface area contributed by atoms with Crippen molar-refractivity contribution in [3.05, 3.63) is 47.7 Å². The molecule has 2 rings (SSSR count). The van der Waals surface area contributed by atoms with E-state index in [1.165, 1.54) is 6.20 Å². The Bertz CT molecular complexity index is 724. The number of nitrogens with two attached hydrogens (primary N) is 1. The summed E-state index contributed by atoms with van der Waals surface area (Å²) in [5, 5.41) is 17.6. The van der Waals surface area contributed by atoms with Crippen molar-refractivity contribution in [1.82, 2.24) is 10.2 Å². The fraction of sp³-hybridized carbons (Fsp3) is 0.167. The SMILES string of the molecule is N/C(=N/O)c1cn[nH]c1NS(=O)(=O)CCc1ccccc1. The molecule has 5 N–H and O–H groups in total. The average molecular weight is 309 g/mol. The van der Waals surface area contributed by atoms with E-state index in [-0.39, 0.29) is 23.0 Å². The van der Waals surface area contributed by atoms with Gasteiger partial charge in [-0.25, -0.2) is 8.42 Å². The van der Waals surface area contributed by atoms with Gasteiger partial charge in [-0.1, -0.05) is 35.5 Å². The van der Waals surface area contributed by atoms with E-state index in [9.17, 15) is 8.42 Å². The minimum Gasteiger partial charge on any atom is -0.409 e. The van der Waals surface area contributed by atoms with Gasteiger partial charge in [-0.2, -0.15) is 5.10 Å². The molecule has 8 nitrogen and oxygen atoms in total. The first-order valence-electron chi connectivity index (χ1n) is 6.07. The number of nitrogens with one attached hydrogen (secondary N) is 2. The second-order valence-electron chi connectivity index (χ2n) is 4.30. The van der Waals surface area contributed by atoms with E-state index in [1.54, 1.807) is 0 Å². The summed E-state index contributed by atoms with van der Waals surface area (Å²) in [4.78, 5) is 0. The Labute approximate surface area is 121 Å². The van der Waals surface area contributed by atoms with Crippen molar-refractivity contribution >= 4 is 21.7 Å². The third-order valence-electron chi connectivity index (χ3n) is 2.78. The minimum absolute atomic E-state index is 0.0679. The minimum atomic E-state index is -3.58. The van der Waals surface area contributed by atoms with E-state index < -0.39 is 10.0 Å². The van der Waals surface area contributed by atoms with Crippen molar-refractivity contribution in [1.29, 1.82) is 0 Å². The molecule has 112 valence electrons. The number of sulfonamides is 1. The summed E-state index contributed by atoms with van der Waals surface area (Å²) >= 11 is 0. The first-order valence-corrected chi connectivity index (χ1v) is 7.73. The molecule has 2 aromatic rings. The van der Waals surface area contributed by atoms with Gasteiger partial charge in [0.25, 0.3) is 0 Å². The number of aryl methyl sites for hydroxylation is 1. The molecule has 1 aromatic heterocycles. The number of oxime groups is 1. The first-order chi connectivity index (χ1) is 10.0. The molecule has 1 heterocycles. The van der Waals surface area contributed by atoms with Crippen LogP contribution in [0.15, 0.2) is 41.7 Å². The molecule has 0 aliphatic carbocycles. The number of aromatic amines is 1. The van der Waals surface area contributed by atoms with Crippen molar-refractivity contribution in [3.8, 4) is 0 Å². The van der Waals surface area contributed by atoms with Crippen LogP contribution in [0.2, 0.25) is 0 Å². The third-order valence-corrected chi connectivity index (χ3v) is 4.04. The van der Waals surface area contributed by atoms with E-state index >= 15 is 0 Å². The summed E-state index contributed by atoms with van der Waals surface area (Å²) < 4.78 is 26.4. The molecule has 21 heavy (non-hydrogen) atoms. The molecule has 0 spiro atoms. The lowest BCUT2D eigenvalue weighted by molar-refractivity contribution is 0.318. The lowest BCUT2D eigenvalue weighted by atomic mass is 10.2. The van der Waals surface area contributed by atoms with Gasteiger partial charge in [-0.3, -0.25) is 9.82 Å². The van der Waals surface area contributed by atoms with Gasteiger partial charge >= 0.3 is 0 Å². The Hall–Kier alpha value is -2.55. The molecule has 0 unspecified atom stereocenters. The van der Waals surface area contributed by atoms with Gasteiger partial charge in [0, 0.05) is 0 Å². The number of amidine groups is 1.